The van der Waals surface area contributed by atoms with Gasteiger partial charge in [0, 0.05) is 5.57 Å². The summed E-state index contributed by atoms with van der Waals surface area (Å²) in [4.78, 5) is 11.4. The standard InChI is InChI=1S/C11H14O2.C2H6/c1-3-5-9-7-13-8-11(12)10(9)6-4-2;1-2/h3,5-6H,1,4,7-8H2,2H3;1-2H3/b9-5-,10-6+;. The van der Waals surface area contributed by atoms with Crippen molar-refractivity contribution in [1.82, 2.24) is 0 Å². The van der Waals surface area contributed by atoms with Gasteiger partial charge in [-0.2, -0.15) is 0 Å². The lowest BCUT2D eigenvalue weighted by Gasteiger charge is -2.17. The Morgan fingerprint density at radius 2 is 2.07 bits per heavy atom. The number of hydrogen-bond donors (Lipinski definition) is 0. The normalized spacial score (nSPS) is 21.1. The van der Waals surface area contributed by atoms with Crippen LogP contribution >= 0.6 is 0 Å². The first-order valence-corrected chi connectivity index (χ1v) is 5.42. The first kappa shape index (κ1) is 13.8. The minimum atomic E-state index is 0.0706. The summed E-state index contributed by atoms with van der Waals surface area (Å²) < 4.78 is 5.12. The van der Waals surface area contributed by atoms with Crippen molar-refractivity contribution in [3.05, 3.63) is 36.0 Å². The van der Waals surface area contributed by atoms with E-state index in [4.69, 9.17) is 4.74 Å². The molecule has 0 amide bonds. The monoisotopic (exact) mass is 208 g/mol. The van der Waals surface area contributed by atoms with Crippen molar-refractivity contribution in [3.63, 3.8) is 0 Å². The summed E-state index contributed by atoms with van der Waals surface area (Å²) in [5.41, 5.74) is 1.74. The maximum Gasteiger partial charge on any atom is 0.188 e. The summed E-state index contributed by atoms with van der Waals surface area (Å²) in [5, 5.41) is 0. The number of Topliss-reactive ketones (excluding diaryl/α,β-unsaturated/α-hetero) is 1. The number of ether oxygens (including phenoxy) is 1. The summed E-state index contributed by atoms with van der Waals surface area (Å²) in [6, 6.07) is 0. The molecule has 0 radical (unpaired) electrons. The Morgan fingerprint density at radius 1 is 1.40 bits per heavy atom. The highest BCUT2D eigenvalue weighted by atomic mass is 16.5. The van der Waals surface area contributed by atoms with E-state index in [1.54, 1.807) is 6.08 Å². The molecule has 15 heavy (non-hydrogen) atoms. The molecule has 0 saturated carbocycles. The van der Waals surface area contributed by atoms with E-state index in [-0.39, 0.29) is 12.4 Å². The summed E-state index contributed by atoms with van der Waals surface area (Å²) in [7, 11) is 0. The second-order valence-electron chi connectivity index (χ2n) is 2.87. The lowest BCUT2D eigenvalue weighted by molar-refractivity contribution is -0.120. The molecule has 1 heterocycles. The molecule has 1 aliphatic heterocycles. The molecule has 0 aromatic rings. The van der Waals surface area contributed by atoms with E-state index in [1.807, 2.05) is 32.9 Å². The van der Waals surface area contributed by atoms with Crippen molar-refractivity contribution < 1.29 is 9.53 Å². The Balaban J connectivity index is 0.000000921. The molecule has 0 aromatic heterocycles. The topological polar surface area (TPSA) is 26.3 Å². The fraction of sp³-hybridized carbons (Fsp3) is 0.462. The quantitative estimate of drug-likeness (QED) is 0.652. The van der Waals surface area contributed by atoms with Gasteiger partial charge in [0.25, 0.3) is 0 Å². The van der Waals surface area contributed by atoms with Crippen molar-refractivity contribution in [2.75, 3.05) is 13.2 Å². The summed E-state index contributed by atoms with van der Waals surface area (Å²) >= 11 is 0. The van der Waals surface area contributed by atoms with Crippen molar-refractivity contribution in [2.45, 2.75) is 27.2 Å². The molecule has 2 nitrogen and oxygen atoms in total. The Kier molecular flexibility index (Phi) is 7.56. The summed E-state index contributed by atoms with van der Waals surface area (Å²) in [6.45, 7) is 10.3. The van der Waals surface area contributed by atoms with Crippen LogP contribution in [0.4, 0.5) is 0 Å². The van der Waals surface area contributed by atoms with Gasteiger partial charge in [-0.15, -0.1) is 0 Å². The minimum absolute atomic E-state index is 0.0706. The van der Waals surface area contributed by atoms with Crippen molar-refractivity contribution in [1.29, 1.82) is 0 Å². The molecular formula is C13H20O2. The fourth-order valence-corrected chi connectivity index (χ4v) is 1.32. The van der Waals surface area contributed by atoms with Gasteiger partial charge in [0.15, 0.2) is 5.78 Å². The second-order valence-corrected chi connectivity index (χ2v) is 2.87. The van der Waals surface area contributed by atoms with Crippen LogP contribution in [0.2, 0.25) is 0 Å². The Bertz CT molecular complexity index is 272. The second kappa shape index (κ2) is 8.18. The van der Waals surface area contributed by atoms with E-state index in [2.05, 4.69) is 6.58 Å². The molecule has 0 spiro atoms. The predicted molar refractivity (Wildman–Crippen MR) is 63.8 cm³/mol. The fourth-order valence-electron chi connectivity index (χ4n) is 1.32. The zero-order valence-corrected chi connectivity index (χ0v) is 9.88. The van der Waals surface area contributed by atoms with Crippen LogP contribution in [-0.2, 0) is 9.53 Å². The highest BCUT2D eigenvalue weighted by Crippen LogP contribution is 2.17. The van der Waals surface area contributed by atoms with Gasteiger partial charge >= 0.3 is 0 Å². The minimum Gasteiger partial charge on any atom is -0.369 e. The van der Waals surface area contributed by atoms with Gasteiger partial charge in [-0.1, -0.05) is 45.6 Å². The van der Waals surface area contributed by atoms with Crippen molar-refractivity contribution in [3.8, 4) is 0 Å². The molecule has 1 aliphatic rings. The maximum absolute atomic E-state index is 11.4. The van der Waals surface area contributed by atoms with E-state index in [0.717, 1.165) is 17.6 Å². The van der Waals surface area contributed by atoms with Crippen LogP contribution in [0.5, 0.6) is 0 Å². The van der Waals surface area contributed by atoms with Crippen LogP contribution in [0.25, 0.3) is 0 Å². The first-order valence-electron chi connectivity index (χ1n) is 5.42. The molecule has 1 saturated heterocycles. The van der Waals surface area contributed by atoms with Crippen LogP contribution < -0.4 is 0 Å². The van der Waals surface area contributed by atoms with Gasteiger partial charge < -0.3 is 4.74 Å². The zero-order valence-electron chi connectivity index (χ0n) is 9.88. The highest BCUT2D eigenvalue weighted by molar-refractivity contribution is 6.01. The SMILES string of the molecule is C=C/C=C1/COCC(=O)/C1=C/CC.CC. The highest BCUT2D eigenvalue weighted by Gasteiger charge is 2.18. The predicted octanol–water partition coefficient (Wildman–Crippen LogP) is 3.06. The molecule has 84 valence electrons. The Labute approximate surface area is 92.3 Å². The molecule has 0 bridgehead atoms. The Morgan fingerprint density at radius 3 is 2.60 bits per heavy atom. The molecule has 0 aliphatic carbocycles. The largest absolute Gasteiger partial charge is 0.369 e. The third kappa shape index (κ3) is 4.26. The van der Waals surface area contributed by atoms with Gasteiger partial charge in [0.05, 0.1) is 6.61 Å². The third-order valence-electron chi connectivity index (χ3n) is 1.86. The smallest absolute Gasteiger partial charge is 0.188 e. The number of ketones is 1. The van der Waals surface area contributed by atoms with Crippen LogP contribution in [0.15, 0.2) is 36.0 Å². The number of carbonyl (C=O) groups excluding carboxylic acids is 1. The van der Waals surface area contributed by atoms with E-state index >= 15 is 0 Å². The molecule has 0 atom stereocenters. The van der Waals surface area contributed by atoms with Crippen molar-refractivity contribution >= 4 is 5.78 Å². The summed E-state index contributed by atoms with van der Waals surface area (Å²) in [6.07, 6.45) is 6.33. The maximum atomic E-state index is 11.4. The third-order valence-corrected chi connectivity index (χ3v) is 1.86. The lowest BCUT2D eigenvalue weighted by Crippen LogP contribution is -2.22. The molecule has 0 N–H and O–H groups in total. The van der Waals surface area contributed by atoms with Crippen LogP contribution in [0.3, 0.4) is 0 Å². The molecule has 0 aromatic carbocycles. The number of rotatable bonds is 2. The van der Waals surface area contributed by atoms with Gasteiger partial charge in [-0.05, 0) is 12.0 Å². The van der Waals surface area contributed by atoms with Crippen molar-refractivity contribution in [2.24, 2.45) is 0 Å². The van der Waals surface area contributed by atoms with Crippen LogP contribution in [0, 0.1) is 0 Å². The number of allylic oxidation sites excluding steroid dienone is 3. The Hall–Kier alpha value is -1.15. The van der Waals surface area contributed by atoms with E-state index in [1.165, 1.54) is 0 Å². The molecule has 0 unspecified atom stereocenters. The zero-order chi connectivity index (χ0) is 11.7. The molecule has 2 heteroatoms. The molecule has 1 fully saturated rings. The van der Waals surface area contributed by atoms with Gasteiger partial charge in [0.2, 0.25) is 0 Å². The number of carbonyl (C=O) groups is 1. The van der Waals surface area contributed by atoms with E-state index < -0.39 is 0 Å². The van der Waals surface area contributed by atoms with Gasteiger partial charge in [0.1, 0.15) is 6.61 Å². The average molecular weight is 208 g/mol. The van der Waals surface area contributed by atoms with Gasteiger partial charge in [-0.3, -0.25) is 4.79 Å². The van der Waals surface area contributed by atoms with Crippen LogP contribution in [0.1, 0.15) is 27.2 Å². The van der Waals surface area contributed by atoms with Crippen LogP contribution in [-0.4, -0.2) is 19.0 Å². The number of hydrogen-bond acceptors (Lipinski definition) is 2. The lowest BCUT2D eigenvalue weighted by atomic mass is 9.99. The van der Waals surface area contributed by atoms with E-state index in [9.17, 15) is 4.79 Å². The summed E-state index contributed by atoms with van der Waals surface area (Å²) in [5.74, 6) is 0.0706. The van der Waals surface area contributed by atoms with Gasteiger partial charge in [-0.25, -0.2) is 0 Å². The molecule has 1 rings (SSSR count). The molecular weight excluding hydrogens is 188 g/mol. The first-order chi connectivity index (χ1) is 7.29. The van der Waals surface area contributed by atoms with E-state index in [0.29, 0.717) is 6.61 Å². The average Bonchev–Trinajstić information content (AvgIpc) is 2.26.